The minimum absolute atomic E-state index is 0.116. The molecule has 1 aliphatic rings. The summed E-state index contributed by atoms with van der Waals surface area (Å²) in [6.45, 7) is 5.71. The van der Waals surface area contributed by atoms with Crippen LogP contribution in [0.4, 0.5) is 0 Å². The van der Waals surface area contributed by atoms with Crippen LogP contribution >= 0.6 is 0 Å². The van der Waals surface area contributed by atoms with Gasteiger partial charge in [0.2, 0.25) is 0 Å². The molecule has 1 aliphatic heterocycles. The van der Waals surface area contributed by atoms with Crippen LogP contribution in [0, 0.1) is 0 Å². The highest BCUT2D eigenvalue weighted by Gasteiger charge is 2.27. The van der Waals surface area contributed by atoms with Crippen LogP contribution in [-0.2, 0) is 13.2 Å². The van der Waals surface area contributed by atoms with Crippen LogP contribution in [0.2, 0.25) is 0 Å². The molecule has 0 fully saturated rings. The molecule has 8 nitrogen and oxygen atoms in total. The number of pyridine rings is 1. The highest BCUT2D eigenvalue weighted by Crippen LogP contribution is 2.36. The SMILES string of the molecule is CC(C)c1ncc(COc2ccc(-c3c(-c4ccncc4)nn4c3C(=O)NCC4)cc2)cn1. The Kier molecular flexibility index (Phi) is 5.56. The summed E-state index contributed by atoms with van der Waals surface area (Å²) in [5.74, 6) is 1.72. The third-order valence-corrected chi connectivity index (χ3v) is 5.52. The lowest BCUT2D eigenvalue weighted by atomic mass is 9.98. The van der Waals surface area contributed by atoms with E-state index in [0.29, 0.717) is 31.3 Å². The highest BCUT2D eigenvalue weighted by atomic mass is 16.5. The minimum atomic E-state index is -0.116. The topological polar surface area (TPSA) is 94.8 Å². The lowest BCUT2D eigenvalue weighted by Crippen LogP contribution is -2.35. The summed E-state index contributed by atoms with van der Waals surface area (Å²) in [6, 6.07) is 11.5. The summed E-state index contributed by atoms with van der Waals surface area (Å²) < 4.78 is 7.71. The summed E-state index contributed by atoms with van der Waals surface area (Å²) in [5, 5.41) is 7.67. The maximum atomic E-state index is 12.7. The van der Waals surface area contributed by atoms with E-state index in [4.69, 9.17) is 9.84 Å². The molecule has 5 rings (SSSR count). The van der Waals surface area contributed by atoms with E-state index in [9.17, 15) is 4.79 Å². The van der Waals surface area contributed by atoms with Gasteiger partial charge in [-0.1, -0.05) is 26.0 Å². The van der Waals surface area contributed by atoms with Crippen molar-refractivity contribution in [2.75, 3.05) is 6.54 Å². The third-order valence-electron chi connectivity index (χ3n) is 5.52. The Morgan fingerprint density at radius 2 is 1.76 bits per heavy atom. The summed E-state index contributed by atoms with van der Waals surface area (Å²) in [4.78, 5) is 25.6. The molecule has 0 bridgehead atoms. The second-order valence-corrected chi connectivity index (χ2v) is 8.20. The molecule has 8 heteroatoms. The van der Waals surface area contributed by atoms with Crippen molar-refractivity contribution in [3.8, 4) is 28.1 Å². The van der Waals surface area contributed by atoms with Gasteiger partial charge in [0, 0.05) is 53.9 Å². The van der Waals surface area contributed by atoms with Crippen LogP contribution in [0.5, 0.6) is 5.75 Å². The van der Waals surface area contributed by atoms with Crippen LogP contribution < -0.4 is 10.1 Å². The molecule has 0 aliphatic carbocycles. The van der Waals surface area contributed by atoms with E-state index in [1.165, 1.54) is 0 Å². The first-order valence-electron chi connectivity index (χ1n) is 10.9. The van der Waals surface area contributed by atoms with Crippen molar-refractivity contribution in [3.63, 3.8) is 0 Å². The number of nitrogens with zero attached hydrogens (tertiary/aromatic N) is 5. The van der Waals surface area contributed by atoms with Crippen molar-refractivity contribution in [1.29, 1.82) is 0 Å². The largest absolute Gasteiger partial charge is 0.489 e. The molecular formula is C25H24N6O2. The van der Waals surface area contributed by atoms with Crippen molar-refractivity contribution in [1.82, 2.24) is 30.0 Å². The molecule has 4 aromatic rings. The maximum absolute atomic E-state index is 12.7. The molecular weight excluding hydrogens is 416 g/mol. The Morgan fingerprint density at radius 1 is 1.03 bits per heavy atom. The number of rotatable bonds is 6. The molecule has 0 saturated carbocycles. The van der Waals surface area contributed by atoms with Crippen LogP contribution in [0.1, 0.15) is 41.6 Å². The van der Waals surface area contributed by atoms with E-state index in [1.54, 1.807) is 29.5 Å². The monoisotopic (exact) mass is 440 g/mol. The quantitative estimate of drug-likeness (QED) is 0.489. The summed E-state index contributed by atoms with van der Waals surface area (Å²) >= 11 is 0. The lowest BCUT2D eigenvalue weighted by molar-refractivity contribution is 0.0925. The number of aromatic nitrogens is 5. The van der Waals surface area contributed by atoms with Crippen molar-refractivity contribution in [2.45, 2.75) is 32.9 Å². The third kappa shape index (κ3) is 4.19. The van der Waals surface area contributed by atoms with Gasteiger partial charge < -0.3 is 10.1 Å². The highest BCUT2D eigenvalue weighted by molar-refractivity contribution is 6.03. The van der Waals surface area contributed by atoms with Gasteiger partial charge in [-0.25, -0.2) is 9.97 Å². The van der Waals surface area contributed by atoms with Gasteiger partial charge in [0.1, 0.15) is 29.6 Å². The number of hydrogen-bond donors (Lipinski definition) is 1. The van der Waals surface area contributed by atoms with Gasteiger partial charge in [-0.3, -0.25) is 14.5 Å². The predicted molar refractivity (Wildman–Crippen MR) is 124 cm³/mol. The second-order valence-electron chi connectivity index (χ2n) is 8.20. The summed E-state index contributed by atoms with van der Waals surface area (Å²) in [5.41, 5.74) is 4.87. The number of amides is 1. The molecule has 0 spiro atoms. The predicted octanol–water partition coefficient (Wildman–Crippen LogP) is 3.85. The number of hydrogen-bond acceptors (Lipinski definition) is 6. The average molecular weight is 441 g/mol. The Hall–Kier alpha value is -4.07. The molecule has 0 atom stereocenters. The van der Waals surface area contributed by atoms with Gasteiger partial charge in [0.25, 0.3) is 5.91 Å². The molecule has 3 aromatic heterocycles. The fraction of sp³-hybridized carbons (Fsp3) is 0.240. The zero-order chi connectivity index (χ0) is 22.8. The zero-order valence-electron chi connectivity index (χ0n) is 18.5. The Morgan fingerprint density at radius 3 is 2.45 bits per heavy atom. The molecule has 0 unspecified atom stereocenters. The van der Waals surface area contributed by atoms with Gasteiger partial charge >= 0.3 is 0 Å². The van der Waals surface area contributed by atoms with E-state index in [2.05, 4.69) is 34.1 Å². The van der Waals surface area contributed by atoms with Gasteiger partial charge in [0.05, 0.1) is 6.54 Å². The molecule has 166 valence electrons. The lowest BCUT2D eigenvalue weighted by Gasteiger charge is -2.15. The van der Waals surface area contributed by atoms with Gasteiger partial charge in [0.15, 0.2) is 0 Å². The molecule has 4 heterocycles. The van der Waals surface area contributed by atoms with E-state index in [-0.39, 0.29) is 5.91 Å². The minimum Gasteiger partial charge on any atom is -0.489 e. The Labute approximate surface area is 191 Å². The average Bonchev–Trinajstić information content (AvgIpc) is 3.25. The zero-order valence-corrected chi connectivity index (χ0v) is 18.5. The summed E-state index contributed by atoms with van der Waals surface area (Å²) in [6.07, 6.45) is 7.06. The standard InChI is InChI=1S/C25H24N6O2/c1-16(2)24-28-13-17(14-29-24)15-33-20-5-3-18(4-6-20)21-22(19-7-9-26-10-8-19)30-31-12-11-27-25(32)23(21)31/h3-10,13-14,16H,11-12,15H2,1-2H3,(H,27,32). The first kappa shape index (κ1) is 20.8. The maximum Gasteiger partial charge on any atom is 0.270 e. The van der Waals surface area contributed by atoms with E-state index in [1.807, 2.05) is 36.4 Å². The van der Waals surface area contributed by atoms with Crippen LogP contribution in [0.3, 0.4) is 0 Å². The van der Waals surface area contributed by atoms with Gasteiger partial charge in [-0.2, -0.15) is 5.10 Å². The fourth-order valence-electron chi connectivity index (χ4n) is 3.82. The van der Waals surface area contributed by atoms with Crippen molar-refractivity contribution in [2.24, 2.45) is 0 Å². The van der Waals surface area contributed by atoms with Gasteiger partial charge in [-0.15, -0.1) is 0 Å². The van der Waals surface area contributed by atoms with E-state index >= 15 is 0 Å². The van der Waals surface area contributed by atoms with Crippen LogP contribution in [-0.4, -0.2) is 37.2 Å². The number of fused-ring (bicyclic) bond motifs is 1. The molecule has 1 aromatic carbocycles. The number of ether oxygens (including phenoxy) is 1. The van der Waals surface area contributed by atoms with Crippen LogP contribution in [0.15, 0.2) is 61.2 Å². The molecule has 1 N–H and O–H groups in total. The molecule has 33 heavy (non-hydrogen) atoms. The number of benzene rings is 1. The number of nitrogens with one attached hydrogen (secondary N) is 1. The number of carbonyl (C=O) groups is 1. The normalized spacial score (nSPS) is 13.0. The van der Waals surface area contributed by atoms with E-state index < -0.39 is 0 Å². The second kappa shape index (κ2) is 8.82. The fourth-order valence-corrected chi connectivity index (χ4v) is 3.82. The van der Waals surface area contributed by atoms with Crippen molar-refractivity contribution >= 4 is 5.91 Å². The Balaban J connectivity index is 1.42. The van der Waals surface area contributed by atoms with E-state index in [0.717, 1.165) is 39.5 Å². The molecule has 1 amide bonds. The van der Waals surface area contributed by atoms with Crippen molar-refractivity contribution < 1.29 is 9.53 Å². The van der Waals surface area contributed by atoms with Crippen LogP contribution in [0.25, 0.3) is 22.4 Å². The van der Waals surface area contributed by atoms with Crippen molar-refractivity contribution in [3.05, 3.63) is 78.3 Å². The smallest absolute Gasteiger partial charge is 0.270 e. The molecule has 0 radical (unpaired) electrons. The summed E-state index contributed by atoms with van der Waals surface area (Å²) in [7, 11) is 0. The first-order valence-corrected chi connectivity index (χ1v) is 10.9. The number of carbonyl (C=O) groups excluding carboxylic acids is 1. The Bertz CT molecular complexity index is 1270. The van der Waals surface area contributed by atoms with Gasteiger partial charge in [-0.05, 0) is 29.8 Å². The molecule has 0 saturated heterocycles. The first-order chi connectivity index (χ1) is 16.1.